The molecule has 2 aliphatic rings. The minimum atomic E-state index is 0.393. The molecule has 0 aromatic rings. The molecule has 3 heteroatoms. The molecule has 0 spiro atoms. The summed E-state index contributed by atoms with van der Waals surface area (Å²) in [6.07, 6.45) is 8.54. The first-order chi connectivity index (χ1) is 9.68. The third-order valence-electron chi connectivity index (χ3n) is 4.97. The van der Waals surface area contributed by atoms with Gasteiger partial charge in [-0.2, -0.15) is 0 Å². The van der Waals surface area contributed by atoms with Gasteiger partial charge in [0.25, 0.3) is 0 Å². The highest BCUT2D eigenvalue weighted by Crippen LogP contribution is 2.50. The van der Waals surface area contributed by atoms with Gasteiger partial charge in [0.05, 0.1) is 12.7 Å². The molecule has 1 saturated heterocycles. The lowest BCUT2D eigenvalue weighted by Gasteiger charge is -2.35. The van der Waals surface area contributed by atoms with Crippen molar-refractivity contribution in [2.45, 2.75) is 58.5 Å². The molecule has 0 bridgehead atoms. The van der Waals surface area contributed by atoms with Gasteiger partial charge in [0.2, 0.25) is 0 Å². The highest BCUT2D eigenvalue weighted by Gasteiger charge is 2.50. The van der Waals surface area contributed by atoms with Crippen molar-refractivity contribution in [2.75, 3.05) is 33.4 Å². The van der Waals surface area contributed by atoms with Crippen LogP contribution in [0.15, 0.2) is 0 Å². The Morgan fingerprint density at radius 1 is 1.35 bits per heavy atom. The van der Waals surface area contributed by atoms with Gasteiger partial charge in [-0.25, -0.2) is 0 Å². The molecule has 0 aromatic carbocycles. The molecule has 2 rings (SSSR count). The molecule has 2 unspecified atom stereocenters. The van der Waals surface area contributed by atoms with E-state index in [1.165, 1.54) is 38.5 Å². The zero-order chi connectivity index (χ0) is 14.4. The molecule has 0 aromatic heterocycles. The molecule has 3 nitrogen and oxygen atoms in total. The third-order valence-corrected chi connectivity index (χ3v) is 4.97. The molecule has 1 heterocycles. The Bertz CT molecular complexity index is 278. The normalized spacial score (nSPS) is 30.3. The second-order valence-electron chi connectivity index (χ2n) is 7.20. The first-order valence-corrected chi connectivity index (χ1v) is 8.49. The van der Waals surface area contributed by atoms with Crippen LogP contribution >= 0.6 is 0 Å². The van der Waals surface area contributed by atoms with Crippen LogP contribution in [-0.4, -0.2) is 39.5 Å². The van der Waals surface area contributed by atoms with Gasteiger partial charge in [0.15, 0.2) is 0 Å². The molecule has 0 amide bonds. The fourth-order valence-electron chi connectivity index (χ4n) is 3.66. The van der Waals surface area contributed by atoms with E-state index in [4.69, 9.17) is 9.47 Å². The number of hydrogen-bond acceptors (Lipinski definition) is 3. The first kappa shape index (κ1) is 16.3. The quantitative estimate of drug-likeness (QED) is 0.624. The van der Waals surface area contributed by atoms with E-state index in [0.717, 1.165) is 38.1 Å². The summed E-state index contributed by atoms with van der Waals surface area (Å²) in [6, 6.07) is 0. The van der Waals surface area contributed by atoms with Crippen LogP contribution in [0.5, 0.6) is 0 Å². The van der Waals surface area contributed by atoms with E-state index in [9.17, 15) is 0 Å². The molecule has 1 aliphatic carbocycles. The number of rotatable bonds is 10. The van der Waals surface area contributed by atoms with Gasteiger partial charge in [0.1, 0.15) is 0 Å². The zero-order valence-electron chi connectivity index (χ0n) is 13.6. The van der Waals surface area contributed by atoms with Gasteiger partial charge < -0.3 is 14.8 Å². The molecule has 2 atom stereocenters. The maximum absolute atomic E-state index is 6.14. The van der Waals surface area contributed by atoms with Gasteiger partial charge >= 0.3 is 0 Å². The van der Waals surface area contributed by atoms with Gasteiger partial charge in [-0.15, -0.1) is 0 Å². The average Bonchev–Trinajstić information content (AvgIpc) is 3.17. The Morgan fingerprint density at radius 3 is 2.80 bits per heavy atom. The van der Waals surface area contributed by atoms with Gasteiger partial charge in [0, 0.05) is 32.2 Å². The summed E-state index contributed by atoms with van der Waals surface area (Å²) in [5, 5.41) is 3.61. The van der Waals surface area contributed by atoms with Crippen LogP contribution in [0.3, 0.4) is 0 Å². The predicted octanol–water partition coefficient (Wildman–Crippen LogP) is 3.23. The Kier molecular flexibility index (Phi) is 6.31. The lowest BCUT2D eigenvalue weighted by molar-refractivity contribution is 0.0243. The van der Waals surface area contributed by atoms with Crippen molar-refractivity contribution in [2.24, 2.45) is 17.3 Å². The van der Waals surface area contributed by atoms with E-state index in [-0.39, 0.29) is 0 Å². The number of nitrogens with one attached hydrogen (secondary N) is 1. The maximum Gasteiger partial charge on any atom is 0.0672 e. The van der Waals surface area contributed by atoms with Crippen LogP contribution in [0, 0.1) is 17.3 Å². The minimum absolute atomic E-state index is 0.393. The Hall–Kier alpha value is -0.120. The molecule has 118 valence electrons. The van der Waals surface area contributed by atoms with E-state index in [2.05, 4.69) is 19.2 Å². The van der Waals surface area contributed by atoms with Crippen LogP contribution in [0.1, 0.15) is 52.4 Å². The lowest BCUT2D eigenvalue weighted by Crippen LogP contribution is -2.42. The van der Waals surface area contributed by atoms with Crippen molar-refractivity contribution < 1.29 is 9.47 Å². The SMILES string of the molecule is COCCNCC1(CCCC(C)C)CCOC1C1CC1. The van der Waals surface area contributed by atoms with Gasteiger partial charge in [-0.05, 0) is 37.5 Å². The van der Waals surface area contributed by atoms with Crippen molar-refractivity contribution in [1.29, 1.82) is 0 Å². The Balaban J connectivity index is 1.87. The topological polar surface area (TPSA) is 30.5 Å². The number of methoxy groups -OCH3 is 1. The van der Waals surface area contributed by atoms with Crippen molar-refractivity contribution in [1.82, 2.24) is 5.32 Å². The molecular formula is C17H33NO2. The predicted molar refractivity (Wildman–Crippen MR) is 82.9 cm³/mol. The smallest absolute Gasteiger partial charge is 0.0672 e. The molecule has 1 N–H and O–H groups in total. The van der Waals surface area contributed by atoms with Crippen LogP contribution in [-0.2, 0) is 9.47 Å². The van der Waals surface area contributed by atoms with Crippen LogP contribution in [0.25, 0.3) is 0 Å². The minimum Gasteiger partial charge on any atom is -0.383 e. The van der Waals surface area contributed by atoms with E-state index in [1.54, 1.807) is 7.11 Å². The molecule has 1 saturated carbocycles. The van der Waals surface area contributed by atoms with Crippen molar-refractivity contribution in [3.63, 3.8) is 0 Å². The zero-order valence-corrected chi connectivity index (χ0v) is 13.6. The highest BCUT2D eigenvalue weighted by atomic mass is 16.5. The lowest BCUT2D eigenvalue weighted by atomic mass is 9.74. The van der Waals surface area contributed by atoms with E-state index < -0.39 is 0 Å². The van der Waals surface area contributed by atoms with Crippen LogP contribution in [0.2, 0.25) is 0 Å². The second kappa shape index (κ2) is 7.77. The number of hydrogen-bond donors (Lipinski definition) is 1. The van der Waals surface area contributed by atoms with E-state index >= 15 is 0 Å². The second-order valence-corrected chi connectivity index (χ2v) is 7.20. The first-order valence-electron chi connectivity index (χ1n) is 8.49. The van der Waals surface area contributed by atoms with Crippen LogP contribution < -0.4 is 5.32 Å². The molecular weight excluding hydrogens is 250 g/mol. The van der Waals surface area contributed by atoms with E-state index in [1.807, 2.05) is 0 Å². The Labute approximate surface area is 124 Å². The van der Waals surface area contributed by atoms with Crippen molar-refractivity contribution in [3.05, 3.63) is 0 Å². The fraction of sp³-hybridized carbons (Fsp3) is 1.00. The summed E-state index contributed by atoms with van der Waals surface area (Å²) >= 11 is 0. The van der Waals surface area contributed by atoms with Crippen molar-refractivity contribution in [3.8, 4) is 0 Å². The summed E-state index contributed by atoms with van der Waals surface area (Å²) in [6.45, 7) is 8.49. The van der Waals surface area contributed by atoms with Gasteiger partial charge in [-0.3, -0.25) is 0 Å². The Morgan fingerprint density at radius 2 is 2.15 bits per heavy atom. The highest BCUT2D eigenvalue weighted by molar-refractivity contribution is 5.00. The fourth-order valence-corrected chi connectivity index (χ4v) is 3.66. The molecule has 2 fully saturated rings. The summed E-state index contributed by atoms with van der Waals surface area (Å²) in [5.41, 5.74) is 0.393. The summed E-state index contributed by atoms with van der Waals surface area (Å²) in [5.74, 6) is 1.66. The standard InChI is InChI=1S/C17H33NO2/c1-14(2)5-4-8-17(13-18-10-12-19-3)9-11-20-16(17)15-6-7-15/h14-16,18H,4-13H2,1-3H3. The van der Waals surface area contributed by atoms with E-state index in [0.29, 0.717) is 11.5 Å². The third kappa shape index (κ3) is 4.44. The van der Waals surface area contributed by atoms with Gasteiger partial charge in [-0.1, -0.05) is 26.7 Å². The average molecular weight is 283 g/mol. The van der Waals surface area contributed by atoms with Crippen molar-refractivity contribution >= 4 is 0 Å². The maximum atomic E-state index is 6.14. The molecule has 1 aliphatic heterocycles. The van der Waals surface area contributed by atoms with Crippen LogP contribution in [0.4, 0.5) is 0 Å². The monoisotopic (exact) mass is 283 g/mol. The summed E-state index contributed by atoms with van der Waals surface area (Å²) < 4.78 is 11.3. The summed E-state index contributed by atoms with van der Waals surface area (Å²) in [7, 11) is 1.77. The molecule has 0 radical (unpaired) electrons. The molecule has 20 heavy (non-hydrogen) atoms. The largest absolute Gasteiger partial charge is 0.383 e. The number of ether oxygens (including phenoxy) is 2. The summed E-state index contributed by atoms with van der Waals surface area (Å²) in [4.78, 5) is 0.